The molecule has 0 radical (unpaired) electrons. The molecule has 1 heterocycles. The maximum atomic E-state index is 13.6. The second-order valence-electron chi connectivity index (χ2n) is 7.72. The van der Waals surface area contributed by atoms with Crippen molar-refractivity contribution in [2.45, 2.75) is 13.1 Å². The Morgan fingerprint density at radius 3 is 2.34 bits per heavy atom. The van der Waals surface area contributed by atoms with Gasteiger partial charge >= 0.3 is 6.18 Å². The second-order valence-corrected chi connectivity index (χ2v) is 8.58. The fourth-order valence-corrected chi connectivity index (χ4v) is 3.90. The van der Waals surface area contributed by atoms with Gasteiger partial charge in [-0.1, -0.05) is 34.1 Å². The van der Waals surface area contributed by atoms with Crippen molar-refractivity contribution in [3.05, 3.63) is 91.9 Å². The van der Waals surface area contributed by atoms with E-state index in [1.165, 1.54) is 37.0 Å². The summed E-state index contributed by atoms with van der Waals surface area (Å²) in [5.41, 5.74) is 1.02. The predicted octanol–water partition coefficient (Wildman–Crippen LogP) is 6.66. The Hall–Kier alpha value is -3.59. The van der Waals surface area contributed by atoms with E-state index in [2.05, 4.69) is 20.9 Å². The molecule has 180 valence electrons. The maximum Gasteiger partial charge on any atom is 0.416 e. The lowest BCUT2D eigenvalue weighted by Crippen LogP contribution is -2.22. The summed E-state index contributed by atoms with van der Waals surface area (Å²) in [4.78, 5) is 18.3. The minimum absolute atomic E-state index is 0.244. The van der Waals surface area contributed by atoms with Crippen LogP contribution < -0.4 is 15.0 Å². The summed E-state index contributed by atoms with van der Waals surface area (Å²) in [5.74, 6) is 1.02. The highest BCUT2D eigenvalue weighted by Crippen LogP contribution is 2.32. The monoisotopic (exact) mass is 544 g/mol. The molecule has 0 N–H and O–H groups in total. The molecular formula is C26H20BrF3N2O3. The molecule has 0 bridgehead atoms. The third kappa shape index (κ3) is 4.95. The number of alkyl halides is 3. The fraction of sp³-hybridized carbons (Fsp3) is 0.154. The number of hydrogen-bond donors (Lipinski definition) is 0. The molecule has 0 saturated carbocycles. The van der Waals surface area contributed by atoms with Gasteiger partial charge in [-0.3, -0.25) is 9.36 Å². The Labute approximate surface area is 207 Å². The number of aromatic nitrogens is 2. The molecule has 4 rings (SSSR count). The van der Waals surface area contributed by atoms with Crippen LogP contribution in [0.2, 0.25) is 0 Å². The molecule has 4 aromatic rings. The van der Waals surface area contributed by atoms with Gasteiger partial charge in [0.05, 0.1) is 36.4 Å². The summed E-state index contributed by atoms with van der Waals surface area (Å²) < 4.78 is 52.4. The standard InChI is InChI=1S/C26H20BrF3N2O3/c1-15-11-18(8-9-20(15)27)32-24(10-7-16-5-4-6-17(12-16)26(28,29)30)31-21-14-23(35-3)22(34-2)13-19(21)25(32)33/h4-14H,1-3H3. The Kier molecular flexibility index (Phi) is 6.71. The largest absolute Gasteiger partial charge is 0.493 e. The first-order valence-electron chi connectivity index (χ1n) is 10.4. The summed E-state index contributed by atoms with van der Waals surface area (Å²) in [6.07, 6.45) is -1.45. The molecular weight excluding hydrogens is 525 g/mol. The van der Waals surface area contributed by atoms with Crippen LogP contribution in [0.5, 0.6) is 11.5 Å². The van der Waals surface area contributed by atoms with Crippen molar-refractivity contribution >= 4 is 39.0 Å². The first kappa shape index (κ1) is 24.5. The third-order valence-corrected chi connectivity index (χ3v) is 6.33. The first-order chi connectivity index (χ1) is 16.6. The zero-order valence-electron chi connectivity index (χ0n) is 19.0. The average Bonchev–Trinajstić information content (AvgIpc) is 2.83. The van der Waals surface area contributed by atoms with E-state index in [1.54, 1.807) is 24.3 Å². The van der Waals surface area contributed by atoms with Crippen LogP contribution in [0.3, 0.4) is 0 Å². The predicted molar refractivity (Wildman–Crippen MR) is 133 cm³/mol. The SMILES string of the molecule is COc1cc2nc(C=Cc3cccc(C(F)(F)F)c3)n(-c3ccc(Br)c(C)c3)c(=O)c2cc1OC. The van der Waals surface area contributed by atoms with Gasteiger partial charge in [0.1, 0.15) is 5.82 Å². The molecule has 1 aromatic heterocycles. The van der Waals surface area contributed by atoms with Crippen LogP contribution in [0, 0.1) is 6.92 Å². The number of ether oxygens (including phenoxy) is 2. The van der Waals surface area contributed by atoms with E-state index in [9.17, 15) is 18.0 Å². The van der Waals surface area contributed by atoms with E-state index in [-0.39, 0.29) is 11.4 Å². The highest BCUT2D eigenvalue weighted by atomic mass is 79.9. The molecule has 0 atom stereocenters. The normalized spacial score (nSPS) is 11.9. The highest BCUT2D eigenvalue weighted by molar-refractivity contribution is 9.10. The molecule has 0 spiro atoms. The van der Waals surface area contributed by atoms with Gasteiger partial charge in [0, 0.05) is 10.5 Å². The van der Waals surface area contributed by atoms with Gasteiger partial charge in [0.15, 0.2) is 11.5 Å². The molecule has 0 aliphatic rings. The van der Waals surface area contributed by atoms with E-state index in [0.29, 0.717) is 33.7 Å². The van der Waals surface area contributed by atoms with Crippen LogP contribution in [0.4, 0.5) is 13.2 Å². The lowest BCUT2D eigenvalue weighted by Gasteiger charge is -2.14. The third-order valence-electron chi connectivity index (χ3n) is 5.44. The molecule has 5 nitrogen and oxygen atoms in total. The van der Waals surface area contributed by atoms with Gasteiger partial charge in [-0.2, -0.15) is 13.2 Å². The number of fused-ring (bicyclic) bond motifs is 1. The Balaban J connectivity index is 1.96. The quantitative estimate of drug-likeness (QED) is 0.282. The summed E-state index contributed by atoms with van der Waals surface area (Å²) in [6.45, 7) is 1.89. The highest BCUT2D eigenvalue weighted by Gasteiger charge is 2.30. The minimum atomic E-state index is -4.46. The van der Waals surface area contributed by atoms with Crippen molar-refractivity contribution < 1.29 is 22.6 Å². The molecule has 0 unspecified atom stereocenters. The van der Waals surface area contributed by atoms with Crippen molar-refractivity contribution in [2.75, 3.05) is 14.2 Å². The number of halogens is 4. The molecule has 0 fully saturated rings. The second kappa shape index (κ2) is 9.58. The number of methoxy groups -OCH3 is 2. The maximum absolute atomic E-state index is 13.6. The summed E-state index contributed by atoms with van der Waals surface area (Å²) in [7, 11) is 2.95. The number of benzene rings is 3. The summed E-state index contributed by atoms with van der Waals surface area (Å²) >= 11 is 3.46. The van der Waals surface area contributed by atoms with Crippen molar-refractivity contribution in [2.24, 2.45) is 0 Å². The lowest BCUT2D eigenvalue weighted by atomic mass is 10.1. The number of rotatable bonds is 5. The fourth-order valence-electron chi connectivity index (χ4n) is 3.65. The molecule has 0 saturated heterocycles. The van der Waals surface area contributed by atoms with Crippen molar-refractivity contribution in [1.82, 2.24) is 9.55 Å². The lowest BCUT2D eigenvalue weighted by molar-refractivity contribution is -0.137. The number of hydrogen-bond acceptors (Lipinski definition) is 4. The van der Waals surface area contributed by atoms with Crippen LogP contribution >= 0.6 is 15.9 Å². The molecule has 0 amide bonds. The topological polar surface area (TPSA) is 53.4 Å². The van der Waals surface area contributed by atoms with E-state index in [4.69, 9.17) is 9.47 Å². The van der Waals surface area contributed by atoms with E-state index < -0.39 is 11.7 Å². The van der Waals surface area contributed by atoms with Gasteiger partial charge in [0.2, 0.25) is 0 Å². The van der Waals surface area contributed by atoms with Gasteiger partial charge in [-0.25, -0.2) is 4.98 Å². The molecule has 3 aromatic carbocycles. The Bertz CT molecular complexity index is 1510. The van der Waals surface area contributed by atoms with Crippen LogP contribution in [0.1, 0.15) is 22.5 Å². The molecule has 9 heteroatoms. The van der Waals surface area contributed by atoms with Gasteiger partial charge in [0.25, 0.3) is 5.56 Å². The summed E-state index contributed by atoms with van der Waals surface area (Å²) in [5, 5.41) is 0.305. The van der Waals surface area contributed by atoms with E-state index >= 15 is 0 Å². The van der Waals surface area contributed by atoms with E-state index in [1.807, 2.05) is 19.1 Å². The van der Waals surface area contributed by atoms with Crippen molar-refractivity contribution in [3.8, 4) is 17.2 Å². The molecule has 0 aliphatic heterocycles. The average molecular weight is 545 g/mol. The number of nitrogens with zero attached hydrogens (tertiary/aromatic N) is 2. The van der Waals surface area contributed by atoms with Gasteiger partial charge in [-0.15, -0.1) is 0 Å². The van der Waals surface area contributed by atoms with Crippen LogP contribution in [-0.2, 0) is 6.18 Å². The zero-order valence-corrected chi connectivity index (χ0v) is 20.6. The van der Waals surface area contributed by atoms with Gasteiger partial charge in [-0.05, 0) is 60.5 Å². The Morgan fingerprint density at radius 1 is 0.971 bits per heavy atom. The smallest absolute Gasteiger partial charge is 0.416 e. The van der Waals surface area contributed by atoms with E-state index in [0.717, 1.165) is 22.2 Å². The Morgan fingerprint density at radius 2 is 1.69 bits per heavy atom. The molecule has 0 aliphatic carbocycles. The van der Waals surface area contributed by atoms with Crippen LogP contribution in [0.25, 0.3) is 28.7 Å². The van der Waals surface area contributed by atoms with Gasteiger partial charge < -0.3 is 9.47 Å². The van der Waals surface area contributed by atoms with Crippen molar-refractivity contribution in [3.63, 3.8) is 0 Å². The summed E-state index contributed by atoms with van der Waals surface area (Å²) in [6, 6.07) is 13.5. The van der Waals surface area contributed by atoms with Crippen LogP contribution in [-0.4, -0.2) is 23.8 Å². The first-order valence-corrected chi connectivity index (χ1v) is 11.2. The number of aryl methyl sites for hydroxylation is 1. The van der Waals surface area contributed by atoms with Crippen LogP contribution in [0.15, 0.2) is 63.9 Å². The van der Waals surface area contributed by atoms with Crippen molar-refractivity contribution in [1.29, 1.82) is 0 Å². The molecule has 35 heavy (non-hydrogen) atoms. The zero-order chi connectivity index (χ0) is 25.3. The minimum Gasteiger partial charge on any atom is -0.493 e.